The fourth-order valence-corrected chi connectivity index (χ4v) is 3.62. The van der Waals surface area contributed by atoms with Crippen molar-refractivity contribution in [3.63, 3.8) is 0 Å². The molecule has 3 N–H and O–H groups in total. The van der Waals surface area contributed by atoms with Gasteiger partial charge in [0.1, 0.15) is 0 Å². The van der Waals surface area contributed by atoms with Gasteiger partial charge in [-0.25, -0.2) is 0 Å². The summed E-state index contributed by atoms with van der Waals surface area (Å²) in [6.07, 6.45) is 3.11. The van der Waals surface area contributed by atoms with Gasteiger partial charge in [-0.2, -0.15) is 0 Å². The molecule has 0 radical (unpaired) electrons. The molecular weight excluding hydrogens is 314 g/mol. The van der Waals surface area contributed by atoms with Crippen molar-refractivity contribution in [3.05, 3.63) is 40.7 Å². The number of likely N-dealkylation sites (tertiary alicyclic amines) is 1. The van der Waals surface area contributed by atoms with E-state index in [1.165, 1.54) is 17.6 Å². The van der Waals surface area contributed by atoms with Gasteiger partial charge >= 0.3 is 0 Å². The average molecular weight is 333 g/mol. The third-order valence-corrected chi connectivity index (χ3v) is 5.06. The van der Waals surface area contributed by atoms with Crippen LogP contribution in [0.25, 0.3) is 0 Å². The Labute approximate surface area is 138 Å². The lowest BCUT2D eigenvalue weighted by atomic mass is 10.1. The number of carbonyl (C=O) groups is 2. The van der Waals surface area contributed by atoms with E-state index in [4.69, 9.17) is 10.2 Å². The van der Waals surface area contributed by atoms with Crippen molar-refractivity contribution in [2.45, 2.75) is 25.8 Å². The maximum absolute atomic E-state index is 12.6. The van der Waals surface area contributed by atoms with Crippen molar-refractivity contribution in [2.75, 3.05) is 18.4 Å². The second kappa shape index (κ2) is 6.55. The summed E-state index contributed by atoms with van der Waals surface area (Å²) in [7, 11) is 0. The minimum Gasteiger partial charge on any atom is -0.459 e. The van der Waals surface area contributed by atoms with Crippen LogP contribution in [0, 0.1) is 6.92 Å². The lowest BCUT2D eigenvalue weighted by molar-refractivity contribution is 0.0719. The number of piperidine rings is 1. The molecule has 1 saturated heterocycles. The molecule has 0 bridgehead atoms. The number of rotatable bonds is 3. The predicted octanol–water partition coefficient (Wildman–Crippen LogP) is 2.47. The minimum absolute atomic E-state index is 0.0119. The van der Waals surface area contributed by atoms with E-state index in [2.05, 4.69) is 5.32 Å². The molecule has 0 aliphatic carbocycles. The molecule has 1 aliphatic heterocycles. The zero-order valence-electron chi connectivity index (χ0n) is 12.9. The number of furan rings is 1. The van der Waals surface area contributed by atoms with Gasteiger partial charge in [0.2, 0.25) is 0 Å². The highest BCUT2D eigenvalue weighted by atomic mass is 32.1. The molecule has 7 heteroatoms. The highest BCUT2D eigenvalue weighted by Gasteiger charge is 2.24. The lowest BCUT2D eigenvalue weighted by Crippen LogP contribution is -2.42. The number of anilines is 1. The second-order valence-electron chi connectivity index (χ2n) is 5.68. The van der Waals surface area contributed by atoms with Crippen LogP contribution >= 0.6 is 11.3 Å². The highest BCUT2D eigenvalue weighted by molar-refractivity contribution is 7.18. The second-order valence-corrected chi connectivity index (χ2v) is 6.74. The summed E-state index contributed by atoms with van der Waals surface area (Å²) >= 11 is 1.29. The molecule has 3 heterocycles. The number of amides is 2. The van der Waals surface area contributed by atoms with Crippen LogP contribution in [0.5, 0.6) is 0 Å². The number of nitrogens with two attached hydrogens (primary N) is 1. The predicted molar refractivity (Wildman–Crippen MR) is 88.8 cm³/mol. The monoisotopic (exact) mass is 333 g/mol. The summed E-state index contributed by atoms with van der Waals surface area (Å²) in [5, 5.41) is 3.41. The zero-order valence-corrected chi connectivity index (χ0v) is 13.7. The molecule has 2 aromatic rings. The van der Waals surface area contributed by atoms with Crippen LogP contribution in [0.2, 0.25) is 0 Å². The molecule has 0 saturated carbocycles. The van der Waals surface area contributed by atoms with Gasteiger partial charge in [-0.05, 0) is 43.5 Å². The zero-order chi connectivity index (χ0) is 16.4. The number of hydrogen-bond acceptors (Lipinski definition) is 5. The average Bonchev–Trinajstić information content (AvgIpc) is 3.17. The Balaban J connectivity index is 1.70. The maximum atomic E-state index is 12.6. The van der Waals surface area contributed by atoms with Crippen molar-refractivity contribution in [1.29, 1.82) is 0 Å². The Morgan fingerprint density at radius 1 is 1.39 bits per heavy atom. The summed E-state index contributed by atoms with van der Waals surface area (Å²) in [5.41, 5.74) is 6.74. The van der Waals surface area contributed by atoms with E-state index in [1.807, 2.05) is 17.9 Å². The first kappa shape index (κ1) is 15.8. The number of aryl methyl sites for hydroxylation is 1. The number of nitrogens with zero attached hydrogens (tertiary/aromatic N) is 1. The first-order valence-corrected chi connectivity index (χ1v) is 8.36. The molecule has 122 valence electrons. The molecule has 2 amide bonds. The summed E-state index contributed by atoms with van der Waals surface area (Å²) in [5.74, 6) is -0.0639. The standard InChI is InChI=1S/C16H19N3O3S/c1-10-9-13(18-15(20)12-3-2-8-22-12)23-14(10)16(21)19-6-4-11(17)5-7-19/h2-3,8-9,11H,4-7,17H2,1H3,(H,18,20). The van der Waals surface area contributed by atoms with Crippen LogP contribution < -0.4 is 11.1 Å². The first-order chi connectivity index (χ1) is 11.0. The number of thiophene rings is 1. The number of nitrogens with one attached hydrogen (secondary N) is 1. The van der Waals surface area contributed by atoms with Gasteiger partial charge in [0.05, 0.1) is 16.1 Å². The van der Waals surface area contributed by atoms with Crippen LogP contribution in [0.1, 0.15) is 38.6 Å². The topological polar surface area (TPSA) is 88.6 Å². The summed E-state index contributed by atoms with van der Waals surface area (Å²) in [6.45, 7) is 3.25. The van der Waals surface area contributed by atoms with Crippen LogP contribution in [0.3, 0.4) is 0 Å². The van der Waals surface area contributed by atoms with Crippen molar-refractivity contribution in [1.82, 2.24) is 4.90 Å². The van der Waals surface area contributed by atoms with Gasteiger partial charge in [-0.3, -0.25) is 9.59 Å². The van der Waals surface area contributed by atoms with E-state index in [0.29, 0.717) is 23.0 Å². The lowest BCUT2D eigenvalue weighted by Gasteiger charge is -2.30. The molecule has 0 aromatic carbocycles. The molecule has 0 spiro atoms. The SMILES string of the molecule is Cc1cc(NC(=O)c2ccco2)sc1C(=O)N1CCC(N)CC1. The van der Waals surface area contributed by atoms with Crippen LogP contribution in [0.4, 0.5) is 5.00 Å². The fraction of sp³-hybridized carbons (Fsp3) is 0.375. The van der Waals surface area contributed by atoms with Crippen molar-refractivity contribution in [2.24, 2.45) is 5.73 Å². The van der Waals surface area contributed by atoms with Crippen LogP contribution in [-0.2, 0) is 0 Å². The maximum Gasteiger partial charge on any atom is 0.291 e. The normalized spacial score (nSPS) is 15.7. The van der Waals surface area contributed by atoms with E-state index in [0.717, 1.165) is 18.4 Å². The fourth-order valence-electron chi connectivity index (χ4n) is 2.58. The molecule has 2 aromatic heterocycles. The van der Waals surface area contributed by atoms with Gasteiger partial charge < -0.3 is 20.4 Å². The van der Waals surface area contributed by atoms with Crippen LogP contribution in [-0.4, -0.2) is 35.8 Å². The highest BCUT2D eigenvalue weighted by Crippen LogP contribution is 2.29. The largest absolute Gasteiger partial charge is 0.459 e. The molecule has 1 aliphatic rings. The number of hydrogen-bond donors (Lipinski definition) is 2. The van der Waals surface area contributed by atoms with Crippen molar-refractivity contribution < 1.29 is 14.0 Å². The quantitative estimate of drug-likeness (QED) is 0.903. The molecule has 3 rings (SSSR count). The Hall–Kier alpha value is -2.12. The van der Waals surface area contributed by atoms with Crippen molar-refractivity contribution in [3.8, 4) is 0 Å². The molecule has 23 heavy (non-hydrogen) atoms. The molecule has 1 fully saturated rings. The molecule has 0 unspecified atom stereocenters. The minimum atomic E-state index is -0.320. The van der Waals surface area contributed by atoms with E-state index < -0.39 is 0 Å². The number of carbonyl (C=O) groups excluding carboxylic acids is 2. The molecular formula is C16H19N3O3S. The van der Waals surface area contributed by atoms with Gasteiger partial charge in [0.15, 0.2) is 5.76 Å². The van der Waals surface area contributed by atoms with E-state index in [-0.39, 0.29) is 23.6 Å². The molecule has 6 nitrogen and oxygen atoms in total. The van der Waals surface area contributed by atoms with Gasteiger partial charge in [0.25, 0.3) is 11.8 Å². The Bertz CT molecular complexity index is 700. The molecule has 0 atom stereocenters. The third-order valence-electron chi connectivity index (χ3n) is 3.92. The Kier molecular flexibility index (Phi) is 4.49. The van der Waals surface area contributed by atoms with Gasteiger partial charge in [-0.1, -0.05) is 0 Å². The van der Waals surface area contributed by atoms with E-state index in [1.54, 1.807) is 12.1 Å². The Morgan fingerprint density at radius 2 is 2.13 bits per heavy atom. The summed E-state index contributed by atoms with van der Waals surface area (Å²) in [6, 6.07) is 5.25. The van der Waals surface area contributed by atoms with E-state index in [9.17, 15) is 9.59 Å². The van der Waals surface area contributed by atoms with Gasteiger partial charge in [-0.15, -0.1) is 11.3 Å². The van der Waals surface area contributed by atoms with Crippen molar-refractivity contribution >= 4 is 28.2 Å². The first-order valence-electron chi connectivity index (χ1n) is 7.54. The third kappa shape index (κ3) is 3.46. The summed E-state index contributed by atoms with van der Waals surface area (Å²) < 4.78 is 5.06. The Morgan fingerprint density at radius 3 is 2.78 bits per heavy atom. The smallest absolute Gasteiger partial charge is 0.291 e. The summed E-state index contributed by atoms with van der Waals surface area (Å²) in [4.78, 5) is 27.1. The van der Waals surface area contributed by atoms with Crippen LogP contribution in [0.15, 0.2) is 28.9 Å². The van der Waals surface area contributed by atoms with E-state index >= 15 is 0 Å². The van der Waals surface area contributed by atoms with Gasteiger partial charge in [0, 0.05) is 19.1 Å².